The summed E-state index contributed by atoms with van der Waals surface area (Å²) in [6.07, 6.45) is 4.35. The summed E-state index contributed by atoms with van der Waals surface area (Å²) in [6.45, 7) is 4.22. The van der Waals surface area contributed by atoms with Gasteiger partial charge in [-0.3, -0.25) is 0 Å². The largest absolute Gasteiger partial charge is 0.387 e. The number of hydrogen-bond acceptors (Lipinski definition) is 2. The van der Waals surface area contributed by atoms with Gasteiger partial charge in [-0.15, -0.1) is 0 Å². The Bertz CT molecular complexity index is 384. The van der Waals surface area contributed by atoms with Crippen LogP contribution in [0.3, 0.4) is 0 Å². The molecule has 1 saturated carbocycles. The lowest BCUT2D eigenvalue weighted by atomic mass is 9.92. The van der Waals surface area contributed by atoms with Gasteiger partial charge in [0.25, 0.3) is 0 Å². The minimum absolute atomic E-state index is 0.0218. The average Bonchev–Trinajstić information content (AvgIpc) is 2.88. The van der Waals surface area contributed by atoms with E-state index in [1.807, 2.05) is 0 Å². The van der Waals surface area contributed by atoms with Crippen molar-refractivity contribution < 1.29 is 9.50 Å². The van der Waals surface area contributed by atoms with E-state index in [4.69, 9.17) is 0 Å². The number of benzene rings is 1. The molecule has 0 aromatic heterocycles. The molecule has 0 bridgehead atoms. The van der Waals surface area contributed by atoms with Crippen LogP contribution in [0.2, 0.25) is 0 Å². The number of nitrogens with one attached hydrogen (secondary N) is 1. The molecule has 2 unspecified atom stereocenters. The molecule has 2 atom stereocenters. The predicted molar refractivity (Wildman–Crippen MR) is 75.4 cm³/mol. The molecule has 3 heteroatoms. The van der Waals surface area contributed by atoms with E-state index in [9.17, 15) is 9.50 Å². The Morgan fingerprint density at radius 2 is 1.74 bits per heavy atom. The normalized spacial score (nSPS) is 19.8. The quantitative estimate of drug-likeness (QED) is 0.855. The summed E-state index contributed by atoms with van der Waals surface area (Å²) < 4.78 is 12.9. The van der Waals surface area contributed by atoms with Crippen LogP contribution in [0.15, 0.2) is 24.3 Å². The maximum atomic E-state index is 12.9. The predicted octanol–water partition coefficient (Wildman–Crippen LogP) is 3.42. The van der Waals surface area contributed by atoms with Crippen molar-refractivity contribution in [3.8, 4) is 0 Å². The van der Waals surface area contributed by atoms with Crippen LogP contribution in [0.5, 0.6) is 0 Å². The summed E-state index contributed by atoms with van der Waals surface area (Å²) in [7, 11) is 0. The second-order valence-electron chi connectivity index (χ2n) is 5.91. The lowest BCUT2D eigenvalue weighted by Crippen LogP contribution is -2.44. The van der Waals surface area contributed by atoms with E-state index in [0.29, 0.717) is 12.0 Å². The van der Waals surface area contributed by atoms with Crippen molar-refractivity contribution in [1.82, 2.24) is 5.32 Å². The maximum absolute atomic E-state index is 12.9. The fourth-order valence-electron chi connectivity index (χ4n) is 2.88. The zero-order valence-electron chi connectivity index (χ0n) is 11.8. The number of aliphatic hydroxyl groups excluding tert-OH is 1. The van der Waals surface area contributed by atoms with Crippen molar-refractivity contribution in [2.24, 2.45) is 5.92 Å². The van der Waals surface area contributed by atoms with Gasteiger partial charge in [0.15, 0.2) is 0 Å². The highest BCUT2D eigenvalue weighted by atomic mass is 19.1. The molecular weight excluding hydrogens is 241 g/mol. The summed E-state index contributed by atoms with van der Waals surface area (Å²) in [5.41, 5.74) is 0.783. The summed E-state index contributed by atoms with van der Waals surface area (Å²) in [6, 6.07) is 6.70. The smallest absolute Gasteiger partial charge is 0.123 e. The van der Waals surface area contributed by atoms with Crippen LogP contribution in [0.1, 0.15) is 51.2 Å². The lowest BCUT2D eigenvalue weighted by molar-refractivity contribution is 0.0979. The molecule has 0 radical (unpaired) electrons. The Labute approximate surface area is 115 Å². The van der Waals surface area contributed by atoms with Crippen molar-refractivity contribution in [1.29, 1.82) is 0 Å². The Morgan fingerprint density at radius 1 is 1.16 bits per heavy atom. The molecule has 1 aromatic carbocycles. The third-order valence-corrected chi connectivity index (χ3v) is 4.05. The molecule has 106 valence electrons. The first-order valence-corrected chi connectivity index (χ1v) is 7.27. The van der Waals surface area contributed by atoms with Crippen LogP contribution in [0, 0.1) is 11.7 Å². The average molecular weight is 265 g/mol. The van der Waals surface area contributed by atoms with Crippen molar-refractivity contribution >= 4 is 0 Å². The van der Waals surface area contributed by atoms with Crippen LogP contribution < -0.4 is 5.32 Å². The van der Waals surface area contributed by atoms with E-state index in [2.05, 4.69) is 19.2 Å². The molecule has 0 heterocycles. The Kier molecular flexibility index (Phi) is 4.94. The van der Waals surface area contributed by atoms with Gasteiger partial charge in [0.2, 0.25) is 0 Å². The molecule has 2 rings (SSSR count). The molecule has 0 amide bonds. The van der Waals surface area contributed by atoms with Gasteiger partial charge in [-0.25, -0.2) is 4.39 Å². The van der Waals surface area contributed by atoms with E-state index >= 15 is 0 Å². The monoisotopic (exact) mass is 265 g/mol. The first-order chi connectivity index (χ1) is 9.08. The second-order valence-corrected chi connectivity index (χ2v) is 5.91. The molecule has 1 aliphatic carbocycles. The van der Waals surface area contributed by atoms with Crippen molar-refractivity contribution in [3.05, 3.63) is 35.6 Å². The molecule has 0 spiro atoms. The fraction of sp³-hybridized carbons (Fsp3) is 0.625. The standard InChI is InChI=1S/C16H24FNO/c1-11(2)15(18-14-5-3-4-6-14)16(19)12-7-9-13(17)10-8-12/h7-11,14-16,18-19H,3-6H2,1-2H3. The SMILES string of the molecule is CC(C)C(NC1CCCC1)C(O)c1ccc(F)cc1. The molecule has 2 N–H and O–H groups in total. The Morgan fingerprint density at radius 3 is 2.26 bits per heavy atom. The maximum Gasteiger partial charge on any atom is 0.123 e. The zero-order chi connectivity index (χ0) is 13.8. The first kappa shape index (κ1) is 14.5. The number of halogens is 1. The molecule has 0 aliphatic heterocycles. The zero-order valence-corrected chi connectivity index (χ0v) is 11.8. The summed E-state index contributed by atoms with van der Waals surface area (Å²) in [4.78, 5) is 0. The van der Waals surface area contributed by atoms with Crippen LogP contribution in [0.25, 0.3) is 0 Å². The molecule has 0 saturated heterocycles. The van der Waals surface area contributed by atoms with E-state index in [1.165, 1.54) is 37.8 Å². The Balaban J connectivity index is 2.06. The highest BCUT2D eigenvalue weighted by Crippen LogP contribution is 2.26. The second kappa shape index (κ2) is 6.49. The lowest BCUT2D eigenvalue weighted by Gasteiger charge is -2.30. The molecule has 1 aromatic rings. The topological polar surface area (TPSA) is 32.3 Å². The molecule has 1 aliphatic rings. The van der Waals surface area contributed by atoms with Crippen LogP contribution in [-0.4, -0.2) is 17.2 Å². The summed E-state index contributed by atoms with van der Waals surface area (Å²) >= 11 is 0. The van der Waals surface area contributed by atoms with Crippen molar-refractivity contribution in [2.75, 3.05) is 0 Å². The number of hydrogen-bond donors (Lipinski definition) is 2. The molecule has 19 heavy (non-hydrogen) atoms. The minimum Gasteiger partial charge on any atom is -0.387 e. The first-order valence-electron chi connectivity index (χ1n) is 7.27. The molecule has 1 fully saturated rings. The summed E-state index contributed by atoms with van der Waals surface area (Å²) in [5, 5.41) is 14.1. The van der Waals surface area contributed by atoms with Gasteiger partial charge in [-0.2, -0.15) is 0 Å². The van der Waals surface area contributed by atoms with Gasteiger partial charge in [0, 0.05) is 12.1 Å². The number of rotatable bonds is 5. The van der Waals surface area contributed by atoms with Gasteiger partial charge in [-0.05, 0) is 36.5 Å². The van der Waals surface area contributed by atoms with Crippen LogP contribution >= 0.6 is 0 Å². The molecular formula is C16H24FNO. The van der Waals surface area contributed by atoms with Gasteiger partial charge >= 0.3 is 0 Å². The number of aliphatic hydroxyl groups is 1. The third kappa shape index (κ3) is 3.77. The van der Waals surface area contributed by atoms with Gasteiger partial charge in [0.1, 0.15) is 5.82 Å². The van der Waals surface area contributed by atoms with Crippen molar-refractivity contribution in [3.63, 3.8) is 0 Å². The third-order valence-electron chi connectivity index (χ3n) is 4.05. The minimum atomic E-state index is -0.582. The highest BCUT2D eigenvalue weighted by molar-refractivity contribution is 5.20. The van der Waals surface area contributed by atoms with Gasteiger partial charge < -0.3 is 10.4 Å². The van der Waals surface area contributed by atoms with E-state index < -0.39 is 6.10 Å². The van der Waals surface area contributed by atoms with E-state index in [0.717, 1.165) is 5.56 Å². The Hall–Kier alpha value is -0.930. The van der Waals surface area contributed by atoms with E-state index in [-0.39, 0.29) is 11.9 Å². The summed E-state index contributed by atoms with van der Waals surface area (Å²) in [5.74, 6) is 0.0708. The molecule has 2 nitrogen and oxygen atoms in total. The van der Waals surface area contributed by atoms with Gasteiger partial charge in [0.05, 0.1) is 6.10 Å². The van der Waals surface area contributed by atoms with Crippen LogP contribution in [0.4, 0.5) is 4.39 Å². The van der Waals surface area contributed by atoms with E-state index in [1.54, 1.807) is 12.1 Å². The fourth-order valence-corrected chi connectivity index (χ4v) is 2.88. The van der Waals surface area contributed by atoms with Gasteiger partial charge in [-0.1, -0.05) is 38.8 Å². The van der Waals surface area contributed by atoms with Crippen LogP contribution in [-0.2, 0) is 0 Å². The van der Waals surface area contributed by atoms with Crippen molar-refractivity contribution in [2.45, 2.75) is 57.7 Å². The highest BCUT2D eigenvalue weighted by Gasteiger charge is 2.27.